The van der Waals surface area contributed by atoms with Crippen molar-refractivity contribution >= 4 is 33.2 Å². The van der Waals surface area contributed by atoms with Crippen molar-refractivity contribution in [1.29, 1.82) is 0 Å². The fourth-order valence-corrected chi connectivity index (χ4v) is 2.82. The maximum Gasteiger partial charge on any atom is 0.0526 e. The molecule has 0 aromatic heterocycles. The smallest absolute Gasteiger partial charge is 0.0526 e. The van der Waals surface area contributed by atoms with Crippen LogP contribution in [-0.2, 0) is 0 Å². The van der Waals surface area contributed by atoms with Gasteiger partial charge in [-0.15, -0.1) is 0 Å². The zero-order valence-electron chi connectivity index (χ0n) is 9.34. The van der Waals surface area contributed by atoms with Gasteiger partial charge in [-0.05, 0) is 54.0 Å². The first-order valence-corrected chi connectivity index (χ1v) is 6.75. The van der Waals surface area contributed by atoms with Crippen molar-refractivity contribution in [3.05, 3.63) is 27.7 Å². The molecule has 1 N–H and O–H groups in total. The molecule has 1 saturated heterocycles. The number of rotatable bonds is 2. The van der Waals surface area contributed by atoms with Gasteiger partial charge in [-0.1, -0.05) is 11.6 Å². The number of anilines is 1. The van der Waals surface area contributed by atoms with Crippen molar-refractivity contribution in [2.24, 2.45) is 0 Å². The standard InChI is InChI=1S/C12H16BrClN2/c1-15-10-3-2-6-16(8-10)12-7-9(14)4-5-11(12)13/h4-5,7,10,15H,2-3,6,8H2,1H3. The molecule has 0 bridgehead atoms. The molecule has 1 heterocycles. The summed E-state index contributed by atoms with van der Waals surface area (Å²) in [6.45, 7) is 2.16. The number of hydrogen-bond acceptors (Lipinski definition) is 2. The van der Waals surface area contributed by atoms with Gasteiger partial charge in [0.1, 0.15) is 0 Å². The first-order valence-electron chi connectivity index (χ1n) is 5.58. The predicted molar refractivity (Wildman–Crippen MR) is 73.4 cm³/mol. The summed E-state index contributed by atoms with van der Waals surface area (Å²) in [7, 11) is 2.03. The second-order valence-electron chi connectivity index (χ2n) is 4.17. The number of hydrogen-bond donors (Lipinski definition) is 1. The summed E-state index contributed by atoms with van der Waals surface area (Å²) >= 11 is 9.63. The van der Waals surface area contributed by atoms with Crippen molar-refractivity contribution < 1.29 is 0 Å². The number of halogens is 2. The highest BCUT2D eigenvalue weighted by molar-refractivity contribution is 9.10. The second-order valence-corrected chi connectivity index (χ2v) is 5.46. The molecule has 1 aromatic rings. The molecule has 1 aliphatic heterocycles. The normalized spacial score (nSPS) is 21.2. The Morgan fingerprint density at radius 1 is 1.50 bits per heavy atom. The van der Waals surface area contributed by atoms with E-state index in [1.54, 1.807) is 0 Å². The summed E-state index contributed by atoms with van der Waals surface area (Å²) in [6, 6.07) is 6.54. The number of nitrogens with one attached hydrogen (secondary N) is 1. The van der Waals surface area contributed by atoms with Crippen LogP contribution in [-0.4, -0.2) is 26.2 Å². The van der Waals surface area contributed by atoms with Crippen molar-refractivity contribution in [2.75, 3.05) is 25.0 Å². The number of nitrogens with zero attached hydrogens (tertiary/aromatic N) is 1. The minimum absolute atomic E-state index is 0.583. The summed E-state index contributed by atoms with van der Waals surface area (Å²) in [4.78, 5) is 2.39. The Balaban J connectivity index is 2.19. The lowest BCUT2D eigenvalue weighted by Gasteiger charge is -2.34. The van der Waals surface area contributed by atoms with Crippen LogP contribution < -0.4 is 10.2 Å². The third-order valence-corrected chi connectivity index (χ3v) is 3.98. The van der Waals surface area contributed by atoms with Crippen molar-refractivity contribution in [2.45, 2.75) is 18.9 Å². The molecule has 88 valence electrons. The maximum absolute atomic E-state index is 6.04. The van der Waals surface area contributed by atoms with E-state index in [-0.39, 0.29) is 0 Å². The van der Waals surface area contributed by atoms with Crippen LogP contribution in [0, 0.1) is 0 Å². The number of likely N-dealkylation sites (N-methyl/N-ethyl adjacent to an activating group) is 1. The molecule has 16 heavy (non-hydrogen) atoms. The molecule has 1 aromatic carbocycles. The molecule has 0 radical (unpaired) electrons. The van der Waals surface area contributed by atoms with E-state index < -0.39 is 0 Å². The lowest BCUT2D eigenvalue weighted by molar-refractivity contribution is 0.449. The van der Waals surface area contributed by atoms with Gasteiger partial charge < -0.3 is 10.2 Å². The van der Waals surface area contributed by atoms with Crippen molar-refractivity contribution in [3.63, 3.8) is 0 Å². The molecule has 0 spiro atoms. The second kappa shape index (κ2) is 5.39. The van der Waals surface area contributed by atoms with Crippen molar-refractivity contribution in [3.8, 4) is 0 Å². The van der Waals surface area contributed by atoms with Gasteiger partial charge in [-0.3, -0.25) is 0 Å². The van der Waals surface area contributed by atoms with E-state index in [1.807, 2.05) is 25.2 Å². The van der Waals surface area contributed by atoms with Crippen molar-refractivity contribution in [1.82, 2.24) is 5.32 Å². The molecule has 0 aliphatic carbocycles. The van der Waals surface area contributed by atoms with E-state index in [2.05, 4.69) is 26.1 Å². The molecular weight excluding hydrogens is 288 g/mol. The quantitative estimate of drug-likeness (QED) is 0.902. The first-order chi connectivity index (χ1) is 7.70. The molecule has 1 aliphatic rings. The van der Waals surface area contributed by atoms with E-state index in [1.165, 1.54) is 18.5 Å². The van der Waals surface area contributed by atoms with E-state index >= 15 is 0 Å². The topological polar surface area (TPSA) is 15.3 Å². The van der Waals surface area contributed by atoms with Crippen LogP contribution >= 0.6 is 27.5 Å². The van der Waals surface area contributed by atoms with Gasteiger partial charge in [0, 0.05) is 28.6 Å². The molecule has 2 nitrogen and oxygen atoms in total. The van der Waals surface area contributed by atoms with Crippen LogP contribution in [0.1, 0.15) is 12.8 Å². The summed E-state index contributed by atoms with van der Waals surface area (Å²) in [6.07, 6.45) is 2.48. The average molecular weight is 304 g/mol. The Bertz CT molecular complexity index is 370. The molecule has 1 unspecified atom stereocenters. The van der Waals surface area contributed by atoms with Gasteiger partial charge >= 0.3 is 0 Å². The minimum atomic E-state index is 0.583. The maximum atomic E-state index is 6.04. The predicted octanol–water partition coefficient (Wildman–Crippen LogP) is 3.29. The fraction of sp³-hybridized carbons (Fsp3) is 0.500. The summed E-state index contributed by atoms with van der Waals surface area (Å²) in [5.41, 5.74) is 1.20. The van der Waals surface area contributed by atoms with Gasteiger partial charge in [-0.2, -0.15) is 0 Å². The Labute approximate surface area is 110 Å². The van der Waals surface area contributed by atoms with Crippen LogP contribution in [0.5, 0.6) is 0 Å². The van der Waals surface area contributed by atoms with Gasteiger partial charge in [-0.25, -0.2) is 0 Å². The molecule has 1 atom stereocenters. The summed E-state index contributed by atoms with van der Waals surface area (Å²) in [5, 5.41) is 4.14. The lowest BCUT2D eigenvalue weighted by atomic mass is 10.1. The van der Waals surface area contributed by atoms with E-state index in [4.69, 9.17) is 11.6 Å². The van der Waals surface area contributed by atoms with E-state index in [0.717, 1.165) is 22.6 Å². The Morgan fingerprint density at radius 3 is 3.06 bits per heavy atom. The van der Waals surface area contributed by atoms with Crippen LogP contribution in [0.4, 0.5) is 5.69 Å². The van der Waals surface area contributed by atoms with Crippen LogP contribution in [0.15, 0.2) is 22.7 Å². The summed E-state index contributed by atoms with van der Waals surface area (Å²) in [5.74, 6) is 0. The monoisotopic (exact) mass is 302 g/mol. The van der Waals surface area contributed by atoms with Crippen LogP contribution in [0.3, 0.4) is 0 Å². The van der Waals surface area contributed by atoms with Gasteiger partial charge in [0.15, 0.2) is 0 Å². The number of benzene rings is 1. The number of piperidine rings is 1. The molecule has 1 fully saturated rings. The SMILES string of the molecule is CNC1CCCN(c2cc(Cl)ccc2Br)C1. The molecule has 4 heteroatoms. The Hall–Kier alpha value is -0.250. The molecule has 2 rings (SSSR count). The first kappa shape index (κ1) is 12.2. The lowest BCUT2D eigenvalue weighted by Crippen LogP contribution is -2.44. The van der Waals surface area contributed by atoms with Gasteiger partial charge in [0.05, 0.1) is 5.69 Å². The van der Waals surface area contributed by atoms with E-state index in [0.29, 0.717) is 6.04 Å². The Kier molecular flexibility index (Phi) is 4.11. The van der Waals surface area contributed by atoms with Crippen LogP contribution in [0.2, 0.25) is 5.02 Å². The zero-order chi connectivity index (χ0) is 11.5. The minimum Gasteiger partial charge on any atom is -0.369 e. The average Bonchev–Trinajstić information content (AvgIpc) is 2.32. The zero-order valence-corrected chi connectivity index (χ0v) is 11.7. The fourth-order valence-electron chi connectivity index (χ4n) is 2.16. The third-order valence-electron chi connectivity index (χ3n) is 3.08. The van der Waals surface area contributed by atoms with Gasteiger partial charge in [0.2, 0.25) is 0 Å². The largest absolute Gasteiger partial charge is 0.369 e. The highest BCUT2D eigenvalue weighted by Crippen LogP contribution is 2.31. The Morgan fingerprint density at radius 2 is 2.31 bits per heavy atom. The van der Waals surface area contributed by atoms with Crippen LogP contribution in [0.25, 0.3) is 0 Å². The third kappa shape index (κ3) is 2.70. The van der Waals surface area contributed by atoms with Gasteiger partial charge in [0.25, 0.3) is 0 Å². The highest BCUT2D eigenvalue weighted by atomic mass is 79.9. The highest BCUT2D eigenvalue weighted by Gasteiger charge is 2.20. The molecular formula is C12H16BrClN2. The molecule has 0 saturated carbocycles. The molecule has 0 amide bonds. The summed E-state index contributed by atoms with van der Waals surface area (Å²) < 4.78 is 1.12. The van der Waals surface area contributed by atoms with E-state index in [9.17, 15) is 0 Å².